The largest absolute Gasteiger partial charge is 0.496 e. The number of methoxy groups -OCH3 is 1. The molecule has 0 amide bonds. The third-order valence-corrected chi connectivity index (χ3v) is 4.58. The van der Waals surface area contributed by atoms with E-state index in [0.29, 0.717) is 16.4 Å². The standard InChI is InChI=1S/C17H14O3S/c1-20-14-9-5-4-8-13(14)15-12-7-3-2-6-11(12)10-21-16(15)17(18)19/h2-9H,10H2,1H3,(H,18,19). The minimum atomic E-state index is -0.893. The Labute approximate surface area is 127 Å². The highest BCUT2D eigenvalue weighted by molar-refractivity contribution is 8.03. The van der Waals surface area contributed by atoms with Gasteiger partial charge in [0.25, 0.3) is 0 Å². The van der Waals surface area contributed by atoms with Crippen molar-refractivity contribution in [1.82, 2.24) is 0 Å². The molecule has 1 aliphatic rings. The number of para-hydroxylation sites is 1. The van der Waals surface area contributed by atoms with E-state index in [1.165, 1.54) is 11.8 Å². The molecule has 106 valence electrons. The molecule has 0 aromatic heterocycles. The van der Waals surface area contributed by atoms with Gasteiger partial charge in [-0.2, -0.15) is 0 Å². The zero-order valence-corrected chi connectivity index (χ0v) is 12.3. The normalized spacial score (nSPS) is 13.8. The topological polar surface area (TPSA) is 46.5 Å². The Hall–Kier alpha value is -2.20. The molecule has 1 heterocycles. The minimum Gasteiger partial charge on any atom is -0.496 e. The second-order valence-electron chi connectivity index (χ2n) is 4.66. The van der Waals surface area contributed by atoms with E-state index in [-0.39, 0.29) is 0 Å². The van der Waals surface area contributed by atoms with Crippen molar-refractivity contribution in [3.63, 3.8) is 0 Å². The summed E-state index contributed by atoms with van der Waals surface area (Å²) in [6.07, 6.45) is 0. The highest BCUT2D eigenvalue weighted by Gasteiger charge is 2.26. The van der Waals surface area contributed by atoms with E-state index < -0.39 is 5.97 Å². The molecule has 0 atom stereocenters. The van der Waals surface area contributed by atoms with Crippen LogP contribution >= 0.6 is 11.8 Å². The zero-order chi connectivity index (χ0) is 14.8. The number of carboxylic acid groups (broad SMARTS) is 1. The number of benzene rings is 2. The number of carboxylic acids is 1. The van der Waals surface area contributed by atoms with Gasteiger partial charge < -0.3 is 9.84 Å². The van der Waals surface area contributed by atoms with Gasteiger partial charge in [0, 0.05) is 16.9 Å². The number of aliphatic carboxylic acids is 1. The first-order chi connectivity index (χ1) is 10.2. The van der Waals surface area contributed by atoms with Crippen molar-refractivity contribution in [2.75, 3.05) is 7.11 Å². The molecule has 0 aliphatic carbocycles. The molecule has 0 fully saturated rings. The van der Waals surface area contributed by atoms with Gasteiger partial charge >= 0.3 is 5.97 Å². The molecule has 4 heteroatoms. The van der Waals surface area contributed by atoms with E-state index in [0.717, 1.165) is 22.3 Å². The Bertz CT molecular complexity index is 734. The maximum Gasteiger partial charge on any atom is 0.342 e. The quantitative estimate of drug-likeness (QED) is 0.936. The van der Waals surface area contributed by atoms with Crippen molar-refractivity contribution in [2.45, 2.75) is 5.75 Å². The number of fused-ring (bicyclic) bond motifs is 1. The van der Waals surface area contributed by atoms with Crippen LogP contribution in [-0.2, 0) is 10.5 Å². The second kappa shape index (κ2) is 5.66. The summed E-state index contributed by atoms with van der Waals surface area (Å²) in [5, 5.41) is 9.54. The molecule has 3 rings (SSSR count). The predicted molar refractivity (Wildman–Crippen MR) is 84.4 cm³/mol. The maximum atomic E-state index is 11.6. The van der Waals surface area contributed by atoms with Gasteiger partial charge in [-0.15, -0.1) is 11.8 Å². The summed E-state index contributed by atoms with van der Waals surface area (Å²) in [7, 11) is 1.60. The summed E-state index contributed by atoms with van der Waals surface area (Å²) in [5.41, 5.74) is 3.68. The van der Waals surface area contributed by atoms with Crippen molar-refractivity contribution in [2.24, 2.45) is 0 Å². The van der Waals surface area contributed by atoms with Crippen LogP contribution in [0, 0.1) is 0 Å². The first-order valence-corrected chi connectivity index (χ1v) is 7.53. The maximum absolute atomic E-state index is 11.6. The highest BCUT2D eigenvalue weighted by Crippen LogP contribution is 2.43. The first kappa shape index (κ1) is 13.8. The second-order valence-corrected chi connectivity index (χ2v) is 5.64. The molecule has 1 aliphatic heterocycles. The van der Waals surface area contributed by atoms with E-state index >= 15 is 0 Å². The fraction of sp³-hybridized carbons (Fsp3) is 0.118. The van der Waals surface area contributed by atoms with E-state index in [1.54, 1.807) is 7.11 Å². The lowest BCUT2D eigenvalue weighted by Crippen LogP contribution is -2.09. The van der Waals surface area contributed by atoms with Crippen molar-refractivity contribution >= 4 is 23.3 Å². The number of hydrogen-bond acceptors (Lipinski definition) is 3. The van der Waals surface area contributed by atoms with Gasteiger partial charge in [0.1, 0.15) is 10.7 Å². The van der Waals surface area contributed by atoms with Gasteiger partial charge in [0.05, 0.1) is 7.11 Å². The molecular formula is C17H14O3S. The minimum absolute atomic E-state index is 0.373. The van der Waals surface area contributed by atoms with Crippen LogP contribution in [0.15, 0.2) is 53.4 Å². The van der Waals surface area contributed by atoms with Crippen LogP contribution in [0.4, 0.5) is 0 Å². The fourth-order valence-corrected chi connectivity index (χ4v) is 3.56. The lowest BCUT2D eigenvalue weighted by atomic mass is 9.93. The van der Waals surface area contributed by atoms with Gasteiger partial charge in [-0.05, 0) is 17.2 Å². The molecule has 0 spiro atoms. The molecule has 0 saturated heterocycles. The van der Waals surface area contributed by atoms with Gasteiger partial charge in [-0.1, -0.05) is 42.5 Å². The van der Waals surface area contributed by atoms with Crippen molar-refractivity contribution in [3.8, 4) is 5.75 Å². The molecule has 2 aromatic rings. The Balaban J connectivity index is 2.30. The third-order valence-electron chi connectivity index (χ3n) is 3.46. The molecule has 0 unspecified atom stereocenters. The molecule has 0 saturated carbocycles. The van der Waals surface area contributed by atoms with Gasteiger partial charge in [0.15, 0.2) is 0 Å². The Morgan fingerprint density at radius 1 is 1.10 bits per heavy atom. The van der Waals surface area contributed by atoms with Crippen LogP contribution in [0.25, 0.3) is 5.57 Å². The lowest BCUT2D eigenvalue weighted by Gasteiger charge is -2.22. The summed E-state index contributed by atoms with van der Waals surface area (Å²) in [6, 6.07) is 15.5. The Morgan fingerprint density at radius 3 is 2.48 bits per heavy atom. The average molecular weight is 298 g/mol. The molecule has 0 radical (unpaired) electrons. The third kappa shape index (κ3) is 2.43. The number of rotatable bonds is 3. The van der Waals surface area contributed by atoms with Gasteiger partial charge in [-0.3, -0.25) is 0 Å². The predicted octanol–water partition coefficient (Wildman–Crippen LogP) is 3.79. The van der Waals surface area contributed by atoms with Gasteiger partial charge in [-0.25, -0.2) is 4.79 Å². The van der Waals surface area contributed by atoms with E-state index in [9.17, 15) is 9.90 Å². The number of ether oxygens (including phenoxy) is 1. The smallest absolute Gasteiger partial charge is 0.342 e. The zero-order valence-electron chi connectivity index (χ0n) is 11.5. The van der Waals surface area contributed by atoms with E-state index in [2.05, 4.69) is 0 Å². The Kier molecular flexibility index (Phi) is 3.71. The number of carbonyl (C=O) groups is 1. The SMILES string of the molecule is COc1ccccc1C1=C(C(=O)O)SCc2ccccc21. The van der Waals surface area contributed by atoms with Crippen LogP contribution in [0.1, 0.15) is 16.7 Å². The number of thioether (sulfide) groups is 1. The first-order valence-electron chi connectivity index (χ1n) is 6.54. The summed E-state index contributed by atoms with van der Waals surface area (Å²) >= 11 is 1.36. The lowest BCUT2D eigenvalue weighted by molar-refractivity contribution is -0.131. The van der Waals surface area contributed by atoms with E-state index in [4.69, 9.17) is 4.74 Å². The Morgan fingerprint density at radius 2 is 1.76 bits per heavy atom. The molecule has 2 aromatic carbocycles. The summed E-state index contributed by atoms with van der Waals surface area (Å²) in [5.74, 6) is 0.468. The number of hydrogen-bond donors (Lipinski definition) is 1. The molecule has 21 heavy (non-hydrogen) atoms. The van der Waals surface area contributed by atoms with Crippen molar-refractivity contribution in [3.05, 3.63) is 70.1 Å². The highest BCUT2D eigenvalue weighted by atomic mass is 32.2. The molecule has 1 N–H and O–H groups in total. The summed E-state index contributed by atoms with van der Waals surface area (Å²) < 4.78 is 5.41. The van der Waals surface area contributed by atoms with Crippen LogP contribution in [0.2, 0.25) is 0 Å². The van der Waals surface area contributed by atoms with Crippen LogP contribution in [-0.4, -0.2) is 18.2 Å². The van der Waals surface area contributed by atoms with E-state index in [1.807, 2.05) is 48.5 Å². The monoisotopic (exact) mass is 298 g/mol. The van der Waals surface area contributed by atoms with Crippen LogP contribution < -0.4 is 4.74 Å². The molecule has 0 bridgehead atoms. The van der Waals surface area contributed by atoms with Crippen molar-refractivity contribution in [1.29, 1.82) is 0 Å². The van der Waals surface area contributed by atoms with Crippen molar-refractivity contribution < 1.29 is 14.6 Å². The molecule has 3 nitrogen and oxygen atoms in total. The van der Waals surface area contributed by atoms with Crippen LogP contribution in [0.3, 0.4) is 0 Å². The average Bonchev–Trinajstić information content (AvgIpc) is 2.53. The summed E-state index contributed by atoms with van der Waals surface area (Å²) in [6.45, 7) is 0. The summed E-state index contributed by atoms with van der Waals surface area (Å²) in [4.78, 5) is 12.0. The molecular weight excluding hydrogens is 284 g/mol. The fourth-order valence-electron chi connectivity index (χ4n) is 2.52. The van der Waals surface area contributed by atoms with Crippen LogP contribution in [0.5, 0.6) is 5.75 Å². The van der Waals surface area contributed by atoms with Gasteiger partial charge in [0.2, 0.25) is 0 Å².